The van der Waals surface area contributed by atoms with Crippen LogP contribution in [0, 0.1) is 35.5 Å². The van der Waals surface area contributed by atoms with Crippen molar-refractivity contribution in [3.05, 3.63) is 141 Å². The smallest absolute Gasteiger partial charge is 0.264 e. The van der Waals surface area contributed by atoms with Gasteiger partial charge in [0.1, 0.15) is 11.5 Å². The molecule has 2 saturated heterocycles. The number of nitrogens with one attached hydrogen (secondary N) is 2. The molecule has 2 amide bonds. The molecule has 4 fully saturated rings. The van der Waals surface area contributed by atoms with Crippen LogP contribution in [-0.4, -0.2) is 207 Å². The lowest BCUT2D eigenvalue weighted by Gasteiger charge is -2.46. The summed E-state index contributed by atoms with van der Waals surface area (Å²) in [6.07, 6.45) is 20.3. The maximum absolute atomic E-state index is 13.9. The van der Waals surface area contributed by atoms with E-state index in [1.54, 1.807) is 26.4 Å². The number of hydrogen-bond acceptors (Lipinski definition) is 18. The van der Waals surface area contributed by atoms with Crippen LogP contribution in [0.3, 0.4) is 0 Å². The largest absolute Gasteiger partial charge is 0.490 e. The second-order valence-corrected chi connectivity index (χ2v) is 35.7. The lowest BCUT2D eigenvalue weighted by molar-refractivity contribution is -0.0316. The molecule has 4 aromatic rings. The molecule has 10 aliphatic rings. The van der Waals surface area contributed by atoms with E-state index < -0.39 is 42.4 Å². The van der Waals surface area contributed by atoms with Crippen molar-refractivity contribution in [2.75, 3.05) is 156 Å². The van der Waals surface area contributed by atoms with E-state index in [9.17, 15) is 26.4 Å². The minimum Gasteiger partial charge on any atom is -0.490 e. The van der Waals surface area contributed by atoms with E-state index in [-0.39, 0.29) is 60.9 Å². The highest BCUT2D eigenvalue weighted by Gasteiger charge is 2.48. The molecule has 2 saturated carbocycles. The highest BCUT2D eigenvalue weighted by Crippen LogP contribution is 2.50. The summed E-state index contributed by atoms with van der Waals surface area (Å²) >= 11 is 13.0. The molecule has 0 radical (unpaired) electrons. The Morgan fingerprint density at radius 1 is 0.548 bits per heavy atom. The molecule has 4 aliphatic carbocycles. The van der Waals surface area contributed by atoms with Crippen LogP contribution in [-0.2, 0) is 72.1 Å². The lowest BCUT2D eigenvalue weighted by atomic mass is 9.68. The van der Waals surface area contributed by atoms with Gasteiger partial charge in [-0.1, -0.05) is 73.5 Å². The van der Waals surface area contributed by atoms with Gasteiger partial charge in [0.15, 0.2) is 0 Å². The predicted molar refractivity (Wildman–Crippen MR) is 406 cm³/mol. The van der Waals surface area contributed by atoms with E-state index in [0.717, 1.165) is 178 Å². The van der Waals surface area contributed by atoms with E-state index in [0.29, 0.717) is 85.6 Å². The van der Waals surface area contributed by atoms with Crippen LogP contribution < -0.4 is 28.7 Å². The zero-order valence-corrected chi connectivity index (χ0v) is 64.3. The third-order valence-electron chi connectivity index (χ3n) is 24.4. The molecule has 14 rings (SSSR count). The van der Waals surface area contributed by atoms with Crippen molar-refractivity contribution in [2.45, 2.75) is 137 Å². The number of fused-ring (bicyclic) bond motifs is 8. The fraction of sp³-hybridized carbons (Fsp3) is 0.625. The van der Waals surface area contributed by atoms with Crippen LogP contribution >= 0.6 is 23.2 Å². The van der Waals surface area contributed by atoms with Gasteiger partial charge in [-0.25, -0.2) is 26.3 Å². The van der Waals surface area contributed by atoms with Crippen LogP contribution in [0.5, 0.6) is 11.5 Å². The molecule has 0 aromatic heterocycles. The summed E-state index contributed by atoms with van der Waals surface area (Å²) in [7, 11) is -4.94. The second kappa shape index (κ2) is 34.5. The van der Waals surface area contributed by atoms with E-state index in [1.807, 2.05) is 50.2 Å². The molecule has 6 heterocycles. The normalized spacial score (nSPS) is 31.3. The van der Waals surface area contributed by atoms with E-state index in [1.165, 1.54) is 22.3 Å². The Balaban J connectivity index is 0.000000185. The number of hydrogen-bond donors (Lipinski definition) is 2. The van der Waals surface area contributed by atoms with Gasteiger partial charge in [-0.15, -0.1) is 0 Å². The van der Waals surface area contributed by atoms with Crippen LogP contribution in [0.25, 0.3) is 0 Å². The Hall–Kier alpha value is -5.34. The number of benzene rings is 4. The van der Waals surface area contributed by atoms with Crippen LogP contribution in [0.4, 0.5) is 11.4 Å². The number of anilines is 2. The molecule has 6 aliphatic heterocycles. The first kappa shape index (κ1) is 76.8. The average Bonchev–Trinajstić information content (AvgIpc) is 1.53. The van der Waals surface area contributed by atoms with Gasteiger partial charge in [0.25, 0.3) is 11.8 Å². The molecule has 20 nitrogen and oxygen atoms in total. The molecular formula is C80H108Cl2N6O14S2. The number of methoxy groups -OCH3 is 2. The average molecular weight is 1510 g/mol. The lowest BCUT2D eigenvalue weighted by Crippen LogP contribution is -2.50. The molecule has 12 atom stereocenters. The van der Waals surface area contributed by atoms with Gasteiger partial charge >= 0.3 is 0 Å². The Morgan fingerprint density at radius 2 is 0.971 bits per heavy atom. The third-order valence-corrected chi connectivity index (χ3v) is 28.8. The molecule has 2 N–H and O–H groups in total. The number of morpholine rings is 2. The predicted octanol–water partition coefficient (Wildman–Crippen LogP) is 11.2. The first-order chi connectivity index (χ1) is 50.3. The minimum atomic E-state index is -4.04. The van der Waals surface area contributed by atoms with Crippen molar-refractivity contribution in [1.82, 2.24) is 19.2 Å². The number of sulfonamides is 2. The third kappa shape index (κ3) is 17.8. The number of halogens is 2. The SMILES string of the molecule is COCC[C@@H]1[C@@H](C)C/C=C/[C@H](OCCN2CCOCC2)[C@@H]2CC[C@H]2CN2C[C@@]3(CCCc4cc(Cl)ccc43)COc3ccc(cc32)C(=O)NS1(=O)=O.COCC[C@H]1[C@@H](C)C/C=C/[C@H](OCCN2CCOCC2)[C@@H]2CC[C@H]2CN2C[C@@]3(CCCc4cc(Cl)ccc43)COc3ccc(cc32)C(=O)NS1(=O)=O. The zero-order valence-electron chi connectivity index (χ0n) is 61.1. The summed E-state index contributed by atoms with van der Waals surface area (Å²) in [6.45, 7) is 18.0. The topological polar surface area (TPSA) is 213 Å². The van der Waals surface area contributed by atoms with Crippen LogP contribution in [0.15, 0.2) is 97.1 Å². The van der Waals surface area contributed by atoms with E-state index in [2.05, 4.69) is 77.6 Å². The van der Waals surface area contributed by atoms with Crippen molar-refractivity contribution in [2.24, 2.45) is 35.5 Å². The maximum atomic E-state index is 13.9. The Kier molecular flexibility index (Phi) is 25.5. The van der Waals surface area contributed by atoms with E-state index >= 15 is 0 Å². The molecule has 4 bridgehead atoms. The molecular weight excluding hydrogens is 1400 g/mol. The summed E-state index contributed by atoms with van der Waals surface area (Å²) < 4.78 is 109. The van der Waals surface area contributed by atoms with Gasteiger partial charge in [0.2, 0.25) is 20.0 Å². The second-order valence-electron chi connectivity index (χ2n) is 31.0. The van der Waals surface area contributed by atoms with Gasteiger partial charge in [-0.3, -0.25) is 19.4 Å². The standard InChI is InChI=1S/2C40H54ClN3O7S/c2*1-28-5-3-7-36(50-22-18-43-16-20-49-21-17-43)33-11-8-31(33)25-44-26-40(15-4-6-29-23-32(41)10-12-34(29)40)27-51-37-13-9-30(24-35(37)44)39(45)42-52(46,47)38(28)14-19-48-2/h2*3,7,9-10,12-13,23-24,28,31,33,36,38H,4-6,8,11,14-22,25-27H2,1-2H3,(H,42,45)/b2*7-3+/t28-,31-,33+,36-,38+,40-;28-,31-,33+,36-,38-,40-/m00/s1. The number of carbonyl (C=O) groups excluding carboxylic acids is 2. The molecule has 4 aromatic carbocycles. The molecule has 0 unspecified atom stereocenters. The highest BCUT2D eigenvalue weighted by molar-refractivity contribution is 7.91. The Morgan fingerprint density at radius 3 is 1.37 bits per heavy atom. The minimum absolute atomic E-state index is 0.0887. The molecule has 568 valence electrons. The van der Waals surface area contributed by atoms with E-state index in [4.69, 9.17) is 61.1 Å². The van der Waals surface area contributed by atoms with Crippen LogP contribution in [0.2, 0.25) is 10.0 Å². The number of nitrogens with zero attached hydrogens (tertiary/aromatic N) is 4. The molecule has 24 heteroatoms. The van der Waals surface area contributed by atoms with Gasteiger partial charge in [-0.05, 0) is 208 Å². The van der Waals surface area contributed by atoms with Crippen molar-refractivity contribution >= 4 is 66.4 Å². The summed E-state index contributed by atoms with van der Waals surface area (Å²) in [6, 6.07) is 23.2. The summed E-state index contributed by atoms with van der Waals surface area (Å²) in [5.41, 5.74) is 6.81. The molecule has 104 heavy (non-hydrogen) atoms. The fourth-order valence-electron chi connectivity index (χ4n) is 18.2. The van der Waals surface area contributed by atoms with Gasteiger partial charge in [-0.2, -0.15) is 0 Å². The first-order valence-electron chi connectivity index (χ1n) is 38.2. The van der Waals surface area contributed by atoms with Crippen molar-refractivity contribution in [3.8, 4) is 11.5 Å². The maximum Gasteiger partial charge on any atom is 0.264 e. The summed E-state index contributed by atoms with van der Waals surface area (Å²) in [4.78, 5) is 37.1. The van der Waals surface area contributed by atoms with Crippen LogP contribution in [0.1, 0.15) is 134 Å². The number of allylic oxidation sites excluding steroid dienone is 2. The number of amides is 2. The zero-order chi connectivity index (χ0) is 72.6. The van der Waals surface area contributed by atoms with Crippen molar-refractivity contribution in [3.63, 3.8) is 0 Å². The van der Waals surface area contributed by atoms with Gasteiger partial charge in [0.05, 0.1) is 86.9 Å². The number of carbonyl (C=O) groups is 2. The quantitative estimate of drug-likeness (QED) is 0.112. The fourth-order valence-corrected chi connectivity index (χ4v) is 21.9. The monoisotopic (exact) mass is 1510 g/mol. The van der Waals surface area contributed by atoms with Gasteiger partial charge in [0, 0.05) is 125 Å². The first-order valence-corrected chi connectivity index (χ1v) is 42.0. The Bertz CT molecular complexity index is 3680. The summed E-state index contributed by atoms with van der Waals surface area (Å²) in [5.74, 6) is 0.998. The van der Waals surface area contributed by atoms with Crippen molar-refractivity contribution in [1.29, 1.82) is 0 Å². The Labute approximate surface area is 626 Å². The number of aryl methyl sites for hydroxylation is 2. The molecule has 2 spiro atoms. The van der Waals surface area contributed by atoms with Crippen molar-refractivity contribution < 1.29 is 64.3 Å². The number of rotatable bonds is 14. The number of ether oxygens (including phenoxy) is 8. The highest BCUT2D eigenvalue weighted by atomic mass is 35.5. The summed E-state index contributed by atoms with van der Waals surface area (Å²) in [5, 5.41) is -0.140. The van der Waals surface area contributed by atoms with Gasteiger partial charge < -0.3 is 47.7 Å².